The molecule has 21 heavy (non-hydrogen) atoms. The third kappa shape index (κ3) is 3.31. The lowest BCUT2D eigenvalue weighted by Gasteiger charge is -2.19. The van der Waals surface area contributed by atoms with Crippen LogP contribution >= 0.6 is 11.6 Å². The van der Waals surface area contributed by atoms with E-state index >= 15 is 0 Å². The zero-order valence-electron chi connectivity index (χ0n) is 11.8. The first-order chi connectivity index (χ1) is 10.1. The average Bonchev–Trinajstić information content (AvgIpc) is 2.81. The summed E-state index contributed by atoms with van der Waals surface area (Å²) >= 11 is 6.02. The van der Waals surface area contributed by atoms with E-state index in [9.17, 15) is 5.11 Å². The van der Waals surface area contributed by atoms with Crippen molar-refractivity contribution >= 4 is 11.6 Å². The zero-order valence-corrected chi connectivity index (χ0v) is 12.6. The Morgan fingerprint density at radius 3 is 3.00 bits per heavy atom. The Kier molecular flexibility index (Phi) is 4.04. The van der Waals surface area contributed by atoms with E-state index in [1.807, 2.05) is 24.3 Å². The molecule has 3 nitrogen and oxygen atoms in total. The van der Waals surface area contributed by atoms with Gasteiger partial charge >= 0.3 is 0 Å². The van der Waals surface area contributed by atoms with E-state index in [0.29, 0.717) is 12.6 Å². The average molecular weight is 304 g/mol. The number of halogens is 1. The smallest absolute Gasteiger partial charge is 0.127 e. The predicted molar refractivity (Wildman–Crippen MR) is 84.1 cm³/mol. The molecule has 1 heterocycles. The molecule has 0 aromatic heterocycles. The molecular weight excluding hydrogens is 286 g/mol. The summed E-state index contributed by atoms with van der Waals surface area (Å²) in [6.45, 7) is 2.75. The van der Waals surface area contributed by atoms with Gasteiger partial charge in [-0.1, -0.05) is 23.7 Å². The van der Waals surface area contributed by atoms with Crippen LogP contribution in [0.4, 0.5) is 0 Å². The number of ether oxygens (including phenoxy) is 1. The first-order valence-corrected chi connectivity index (χ1v) is 7.46. The van der Waals surface area contributed by atoms with Gasteiger partial charge in [0, 0.05) is 22.7 Å². The molecule has 2 unspecified atom stereocenters. The maximum Gasteiger partial charge on any atom is 0.127 e. The van der Waals surface area contributed by atoms with Crippen molar-refractivity contribution in [1.29, 1.82) is 0 Å². The molecule has 2 N–H and O–H groups in total. The topological polar surface area (TPSA) is 41.5 Å². The zero-order chi connectivity index (χ0) is 14.8. The summed E-state index contributed by atoms with van der Waals surface area (Å²) < 4.78 is 5.62. The molecule has 2 atom stereocenters. The van der Waals surface area contributed by atoms with Crippen molar-refractivity contribution in [2.24, 2.45) is 0 Å². The van der Waals surface area contributed by atoms with Crippen LogP contribution in [0.1, 0.15) is 24.1 Å². The van der Waals surface area contributed by atoms with Gasteiger partial charge in [-0.05, 0) is 43.2 Å². The molecule has 1 aliphatic heterocycles. The van der Waals surface area contributed by atoms with Crippen molar-refractivity contribution in [2.45, 2.75) is 25.4 Å². The minimum Gasteiger partial charge on any atom is -0.508 e. The number of hydrogen-bond donors (Lipinski definition) is 2. The Hall–Kier alpha value is -1.71. The molecule has 2 aromatic rings. The second-order valence-electron chi connectivity index (χ2n) is 5.49. The lowest BCUT2D eigenvalue weighted by atomic mass is 10.0. The number of nitrogens with one attached hydrogen (secondary N) is 1. The molecule has 0 aliphatic carbocycles. The van der Waals surface area contributed by atoms with E-state index in [1.54, 1.807) is 12.1 Å². The SMILES string of the molecule is CC(Cc1cccc(Cl)c1)NC1COc2cc(O)ccc21. The Balaban J connectivity index is 1.65. The van der Waals surface area contributed by atoms with Gasteiger partial charge in [-0.25, -0.2) is 0 Å². The molecule has 4 heteroatoms. The fourth-order valence-corrected chi connectivity index (χ4v) is 2.97. The molecule has 1 aliphatic rings. The van der Waals surface area contributed by atoms with Crippen LogP contribution in [0, 0.1) is 0 Å². The van der Waals surface area contributed by atoms with Crippen LogP contribution in [0.2, 0.25) is 5.02 Å². The molecule has 2 aromatic carbocycles. The Morgan fingerprint density at radius 2 is 2.19 bits per heavy atom. The number of phenolic OH excluding ortho intramolecular Hbond substituents is 1. The lowest BCUT2D eigenvalue weighted by molar-refractivity contribution is 0.299. The van der Waals surface area contributed by atoms with Crippen LogP contribution in [-0.4, -0.2) is 17.8 Å². The molecule has 3 rings (SSSR count). The minimum absolute atomic E-state index is 0.162. The first-order valence-electron chi connectivity index (χ1n) is 7.08. The highest BCUT2D eigenvalue weighted by atomic mass is 35.5. The largest absolute Gasteiger partial charge is 0.508 e. The van der Waals surface area contributed by atoms with Gasteiger partial charge in [-0.15, -0.1) is 0 Å². The van der Waals surface area contributed by atoms with E-state index in [4.69, 9.17) is 16.3 Å². The van der Waals surface area contributed by atoms with E-state index in [0.717, 1.165) is 22.8 Å². The van der Waals surface area contributed by atoms with Crippen LogP contribution in [0.5, 0.6) is 11.5 Å². The Labute approximate surface area is 129 Å². The van der Waals surface area contributed by atoms with Crippen LogP contribution in [0.3, 0.4) is 0 Å². The van der Waals surface area contributed by atoms with Crippen LogP contribution in [0.25, 0.3) is 0 Å². The van der Waals surface area contributed by atoms with Gasteiger partial charge in [0.25, 0.3) is 0 Å². The van der Waals surface area contributed by atoms with Crippen LogP contribution in [0.15, 0.2) is 42.5 Å². The maximum absolute atomic E-state index is 9.47. The first kappa shape index (κ1) is 14.2. The van der Waals surface area contributed by atoms with Gasteiger partial charge in [0.2, 0.25) is 0 Å². The summed E-state index contributed by atoms with van der Waals surface area (Å²) in [4.78, 5) is 0. The molecule has 0 saturated heterocycles. The van der Waals surface area contributed by atoms with Gasteiger partial charge in [-0.3, -0.25) is 0 Å². The maximum atomic E-state index is 9.47. The fourth-order valence-electron chi connectivity index (χ4n) is 2.76. The third-order valence-electron chi connectivity index (χ3n) is 3.69. The number of fused-ring (bicyclic) bond motifs is 1. The standard InChI is InChI=1S/C17H18ClNO2/c1-11(7-12-3-2-4-13(18)8-12)19-16-10-21-17-9-14(20)5-6-15(16)17/h2-6,8-9,11,16,19-20H,7,10H2,1H3. The normalized spacial score (nSPS) is 18.1. The monoisotopic (exact) mass is 303 g/mol. The summed E-state index contributed by atoms with van der Waals surface area (Å²) in [5.41, 5.74) is 2.32. The van der Waals surface area contributed by atoms with E-state index in [1.165, 1.54) is 5.56 Å². The third-order valence-corrected chi connectivity index (χ3v) is 3.93. The summed E-state index contributed by atoms with van der Waals surface area (Å²) in [6, 6.07) is 13.7. The summed E-state index contributed by atoms with van der Waals surface area (Å²) in [6.07, 6.45) is 0.907. The van der Waals surface area contributed by atoms with Crippen molar-refractivity contribution in [2.75, 3.05) is 6.61 Å². The minimum atomic E-state index is 0.162. The fraction of sp³-hybridized carbons (Fsp3) is 0.294. The summed E-state index contributed by atoms with van der Waals surface area (Å²) in [5.74, 6) is 1.00. The second-order valence-corrected chi connectivity index (χ2v) is 5.92. The molecule has 0 spiro atoms. The molecule has 0 radical (unpaired) electrons. The van der Waals surface area contributed by atoms with Crippen LogP contribution < -0.4 is 10.1 Å². The van der Waals surface area contributed by atoms with Gasteiger partial charge in [0.1, 0.15) is 18.1 Å². The number of phenols is 1. The quantitative estimate of drug-likeness (QED) is 0.905. The summed E-state index contributed by atoms with van der Waals surface area (Å²) in [7, 11) is 0. The molecule has 110 valence electrons. The molecule has 0 fully saturated rings. The summed E-state index contributed by atoms with van der Waals surface area (Å²) in [5, 5.41) is 13.8. The number of hydrogen-bond acceptors (Lipinski definition) is 3. The highest BCUT2D eigenvalue weighted by Crippen LogP contribution is 2.35. The predicted octanol–water partition coefficient (Wildman–Crippen LogP) is 3.70. The second kappa shape index (κ2) is 5.96. The van der Waals surface area contributed by atoms with Gasteiger partial charge < -0.3 is 15.2 Å². The molecule has 0 bridgehead atoms. The highest BCUT2D eigenvalue weighted by molar-refractivity contribution is 6.30. The molecular formula is C17H18ClNO2. The van der Waals surface area contributed by atoms with Crippen LogP contribution in [-0.2, 0) is 6.42 Å². The van der Waals surface area contributed by atoms with E-state index in [-0.39, 0.29) is 11.8 Å². The van der Waals surface area contributed by atoms with Gasteiger partial charge in [0.05, 0.1) is 6.04 Å². The number of aromatic hydroxyl groups is 1. The molecule has 0 saturated carbocycles. The van der Waals surface area contributed by atoms with Crippen molar-refractivity contribution < 1.29 is 9.84 Å². The lowest BCUT2D eigenvalue weighted by Crippen LogP contribution is -2.33. The van der Waals surface area contributed by atoms with E-state index in [2.05, 4.69) is 18.3 Å². The van der Waals surface area contributed by atoms with Crippen molar-refractivity contribution in [3.05, 3.63) is 58.6 Å². The van der Waals surface area contributed by atoms with E-state index < -0.39 is 0 Å². The number of rotatable bonds is 4. The Morgan fingerprint density at radius 1 is 1.33 bits per heavy atom. The highest BCUT2D eigenvalue weighted by Gasteiger charge is 2.25. The number of benzene rings is 2. The van der Waals surface area contributed by atoms with Crippen molar-refractivity contribution in [3.8, 4) is 11.5 Å². The van der Waals surface area contributed by atoms with Gasteiger partial charge in [0.15, 0.2) is 0 Å². The van der Waals surface area contributed by atoms with Crippen molar-refractivity contribution in [3.63, 3.8) is 0 Å². The molecule has 0 amide bonds. The Bertz CT molecular complexity index is 644. The van der Waals surface area contributed by atoms with Crippen molar-refractivity contribution in [1.82, 2.24) is 5.32 Å². The van der Waals surface area contributed by atoms with Gasteiger partial charge in [-0.2, -0.15) is 0 Å².